The van der Waals surface area contributed by atoms with E-state index in [1.807, 2.05) is 30.3 Å². The number of hydrogen-bond donors (Lipinski definition) is 2. The Kier molecular flexibility index (Phi) is 5.00. The molecule has 2 N–H and O–H groups in total. The predicted octanol–water partition coefficient (Wildman–Crippen LogP) is 3.19. The van der Waals surface area contributed by atoms with E-state index in [2.05, 4.69) is 5.32 Å². The van der Waals surface area contributed by atoms with Crippen LogP contribution in [0.2, 0.25) is 0 Å². The number of ether oxygens (including phenoxy) is 1. The summed E-state index contributed by atoms with van der Waals surface area (Å²) < 4.78 is 5.51. The number of nitrogens with one attached hydrogen (secondary N) is 1. The van der Waals surface area contributed by atoms with Gasteiger partial charge >= 0.3 is 0 Å². The summed E-state index contributed by atoms with van der Waals surface area (Å²) in [6.07, 6.45) is 1.05. The molecule has 0 spiro atoms. The molecule has 0 aliphatic rings. The second-order valence-corrected chi connectivity index (χ2v) is 4.36. The van der Waals surface area contributed by atoms with E-state index in [0.29, 0.717) is 25.1 Å². The number of rotatable bonds is 6. The molecule has 4 heteroatoms. The van der Waals surface area contributed by atoms with Gasteiger partial charge in [-0.2, -0.15) is 0 Å². The van der Waals surface area contributed by atoms with Gasteiger partial charge in [0.2, 0.25) is 5.91 Å². The molecular formula is C16H17NO3. The highest BCUT2D eigenvalue weighted by molar-refractivity contribution is 5.90. The highest BCUT2D eigenvalue weighted by atomic mass is 16.5. The number of benzene rings is 2. The maximum absolute atomic E-state index is 11.7. The first-order valence-electron chi connectivity index (χ1n) is 6.51. The Balaban J connectivity index is 1.66. The van der Waals surface area contributed by atoms with E-state index in [1.54, 1.807) is 12.1 Å². The SMILES string of the molecule is O=C(CCCOc1ccccc1)Nc1ccc(O)cc1. The lowest BCUT2D eigenvalue weighted by molar-refractivity contribution is -0.116. The third-order valence-electron chi connectivity index (χ3n) is 2.71. The van der Waals surface area contributed by atoms with Crippen LogP contribution in [0.15, 0.2) is 54.6 Å². The Morgan fingerprint density at radius 3 is 2.45 bits per heavy atom. The van der Waals surface area contributed by atoms with Crippen molar-refractivity contribution in [2.24, 2.45) is 0 Å². The van der Waals surface area contributed by atoms with E-state index in [-0.39, 0.29) is 11.7 Å². The zero-order chi connectivity index (χ0) is 14.2. The monoisotopic (exact) mass is 271 g/mol. The topological polar surface area (TPSA) is 58.6 Å². The number of para-hydroxylation sites is 1. The predicted molar refractivity (Wildman–Crippen MR) is 77.9 cm³/mol. The van der Waals surface area contributed by atoms with Crippen molar-refractivity contribution in [1.29, 1.82) is 0 Å². The van der Waals surface area contributed by atoms with Gasteiger partial charge in [-0.3, -0.25) is 4.79 Å². The quantitative estimate of drug-likeness (QED) is 0.626. The van der Waals surface area contributed by atoms with Crippen LogP contribution in [0.4, 0.5) is 5.69 Å². The van der Waals surface area contributed by atoms with Gasteiger partial charge in [-0.15, -0.1) is 0 Å². The number of phenols is 1. The maximum atomic E-state index is 11.7. The van der Waals surface area contributed by atoms with Gasteiger partial charge in [0.1, 0.15) is 11.5 Å². The minimum absolute atomic E-state index is 0.0626. The van der Waals surface area contributed by atoms with Crippen molar-refractivity contribution >= 4 is 11.6 Å². The number of hydrogen-bond acceptors (Lipinski definition) is 3. The van der Waals surface area contributed by atoms with Crippen LogP contribution in [-0.2, 0) is 4.79 Å². The fourth-order valence-corrected chi connectivity index (χ4v) is 1.71. The number of carbonyl (C=O) groups excluding carboxylic acids is 1. The summed E-state index contributed by atoms with van der Waals surface area (Å²) in [5, 5.41) is 11.9. The fraction of sp³-hybridized carbons (Fsp3) is 0.188. The molecule has 0 atom stereocenters. The molecule has 0 saturated heterocycles. The molecule has 0 aromatic heterocycles. The summed E-state index contributed by atoms with van der Waals surface area (Å²) in [4.78, 5) is 11.7. The lowest BCUT2D eigenvalue weighted by Crippen LogP contribution is -2.12. The molecule has 2 aromatic carbocycles. The summed E-state index contributed by atoms with van der Waals surface area (Å²) in [5.74, 6) is 0.929. The zero-order valence-electron chi connectivity index (χ0n) is 11.1. The summed E-state index contributed by atoms with van der Waals surface area (Å²) in [6.45, 7) is 0.507. The fourth-order valence-electron chi connectivity index (χ4n) is 1.71. The van der Waals surface area contributed by atoms with Crippen LogP contribution >= 0.6 is 0 Å². The van der Waals surface area contributed by atoms with Gasteiger partial charge in [0, 0.05) is 12.1 Å². The minimum atomic E-state index is -0.0626. The van der Waals surface area contributed by atoms with Crippen LogP contribution in [0.3, 0.4) is 0 Å². The molecule has 4 nitrogen and oxygen atoms in total. The number of amides is 1. The lowest BCUT2D eigenvalue weighted by atomic mass is 10.2. The summed E-state index contributed by atoms with van der Waals surface area (Å²) >= 11 is 0. The molecule has 0 aliphatic carbocycles. The summed E-state index contributed by atoms with van der Waals surface area (Å²) in [5.41, 5.74) is 0.678. The Labute approximate surface area is 118 Å². The van der Waals surface area contributed by atoms with Crippen LogP contribution in [0, 0.1) is 0 Å². The molecular weight excluding hydrogens is 254 g/mol. The molecule has 0 saturated carbocycles. The molecule has 20 heavy (non-hydrogen) atoms. The molecule has 1 amide bonds. The molecule has 2 aromatic rings. The van der Waals surface area contributed by atoms with Crippen molar-refractivity contribution in [3.05, 3.63) is 54.6 Å². The Morgan fingerprint density at radius 1 is 1.05 bits per heavy atom. The van der Waals surface area contributed by atoms with Gasteiger partial charge in [-0.1, -0.05) is 18.2 Å². The smallest absolute Gasteiger partial charge is 0.224 e. The van der Waals surface area contributed by atoms with E-state index >= 15 is 0 Å². The van der Waals surface area contributed by atoms with E-state index in [9.17, 15) is 4.79 Å². The van der Waals surface area contributed by atoms with Gasteiger partial charge in [0.25, 0.3) is 0 Å². The number of phenolic OH excluding ortho intramolecular Hbond substituents is 1. The van der Waals surface area contributed by atoms with Gasteiger partial charge < -0.3 is 15.2 Å². The Hall–Kier alpha value is -2.49. The van der Waals surface area contributed by atoms with Crippen molar-refractivity contribution in [3.8, 4) is 11.5 Å². The first-order chi connectivity index (χ1) is 9.74. The Morgan fingerprint density at radius 2 is 1.75 bits per heavy atom. The normalized spacial score (nSPS) is 10.0. The second-order valence-electron chi connectivity index (χ2n) is 4.36. The summed E-state index contributed by atoms with van der Waals surface area (Å²) in [6, 6.07) is 15.9. The van der Waals surface area contributed by atoms with Crippen molar-refractivity contribution < 1.29 is 14.6 Å². The average molecular weight is 271 g/mol. The third-order valence-corrected chi connectivity index (χ3v) is 2.71. The Bertz CT molecular complexity index is 537. The van der Waals surface area contributed by atoms with Crippen LogP contribution in [-0.4, -0.2) is 17.6 Å². The van der Waals surface area contributed by atoms with E-state index in [0.717, 1.165) is 5.75 Å². The highest BCUT2D eigenvalue weighted by Gasteiger charge is 2.02. The number of anilines is 1. The molecule has 0 bridgehead atoms. The molecule has 0 unspecified atom stereocenters. The lowest BCUT2D eigenvalue weighted by Gasteiger charge is -2.07. The van der Waals surface area contributed by atoms with Crippen molar-refractivity contribution in [1.82, 2.24) is 0 Å². The highest BCUT2D eigenvalue weighted by Crippen LogP contribution is 2.14. The van der Waals surface area contributed by atoms with Crippen LogP contribution in [0.5, 0.6) is 11.5 Å². The molecule has 0 fully saturated rings. The second kappa shape index (κ2) is 7.19. The van der Waals surface area contributed by atoms with Crippen molar-refractivity contribution in [3.63, 3.8) is 0 Å². The van der Waals surface area contributed by atoms with Gasteiger partial charge in [-0.05, 0) is 42.8 Å². The first-order valence-corrected chi connectivity index (χ1v) is 6.51. The van der Waals surface area contributed by atoms with Gasteiger partial charge in [0.15, 0.2) is 0 Å². The molecule has 0 aliphatic heterocycles. The zero-order valence-corrected chi connectivity index (χ0v) is 11.1. The minimum Gasteiger partial charge on any atom is -0.508 e. The third kappa shape index (κ3) is 4.65. The van der Waals surface area contributed by atoms with Gasteiger partial charge in [-0.25, -0.2) is 0 Å². The van der Waals surface area contributed by atoms with E-state index in [4.69, 9.17) is 9.84 Å². The van der Waals surface area contributed by atoms with Crippen molar-refractivity contribution in [2.75, 3.05) is 11.9 Å². The van der Waals surface area contributed by atoms with Gasteiger partial charge in [0.05, 0.1) is 6.61 Å². The maximum Gasteiger partial charge on any atom is 0.224 e. The van der Waals surface area contributed by atoms with E-state index < -0.39 is 0 Å². The molecule has 0 radical (unpaired) electrons. The van der Waals surface area contributed by atoms with Crippen LogP contribution in [0.1, 0.15) is 12.8 Å². The van der Waals surface area contributed by atoms with E-state index in [1.165, 1.54) is 12.1 Å². The molecule has 0 heterocycles. The largest absolute Gasteiger partial charge is 0.508 e. The number of carbonyl (C=O) groups is 1. The molecule has 2 rings (SSSR count). The van der Waals surface area contributed by atoms with Crippen LogP contribution in [0.25, 0.3) is 0 Å². The standard InChI is InChI=1S/C16H17NO3/c18-14-10-8-13(9-11-14)17-16(19)7-4-12-20-15-5-2-1-3-6-15/h1-3,5-6,8-11,18H,4,7,12H2,(H,17,19). The number of aromatic hydroxyl groups is 1. The van der Waals surface area contributed by atoms with Crippen molar-refractivity contribution in [2.45, 2.75) is 12.8 Å². The average Bonchev–Trinajstić information content (AvgIpc) is 2.47. The summed E-state index contributed by atoms with van der Waals surface area (Å²) in [7, 11) is 0. The first kappa shape index (κ1) is 13.9. The molecule has 104 valence electrons. The van der Waals surface area contributed by atoms with Crippen LogP contribution < -0.4 is 10.1 Å².